The number of nitrogens with zero attached hydrogens (tertiary/aromatic N) is 3. The number of rotatable bonds is 15. The molecule has 1 saturated heterocycles. The van der Waals surface area contributed by atoms with Crippen molar-refractivity contribution in [2.24, 2.45) is 0 Å². The molecule has 0 N–H and O–H groups in total. The Morgan fingerprint density at radius 3 is 1.26 bits per heavy atom. The van der Waals surface area contributed by atoms with Crippen molar-refractivity contribution >= 4 is 77.6 Å². The van der Waals surface area contributed by atoms with Crippen molar-refractivity contribution < 1.29 is 9.59 Å². The number of likely N-dealkylation sites (tertiary alicyclic amines) is 1. The van der Waals surface area contributed by atoms with Crippen LogP contribution in [0.25, 0.3) is 36.5 Å². The third kappa shape index (κ3) is 27.1. The van der Waals surface area contributed by atoms with E-state index in [1.54, 1.807) is 6.92 Å². The van der Waals surface area contributed by atoms with E-state index in [2.05, 4.69) is 180 Å². The van der Waals surface area contributed by atoms with Crippen LogP contribution in [0.5, 0.6) is 0 Å². The summed E-state index contributed by atoms with van der Waals surface area (Å²) in [4.78, 5) is 28.8. The lowest BCUT2D eigenvalue weighted by Crippen LogP contribution is -2.29. The Morgan fingerprint density at radius 2 is 0.904 bits per heavy atom. The number of amides is 1. The number of hydrogen-bond acceptors (Lipinski definition) is 6. The fourth-order valence-corrected chi connectivity index (χ4v) is 7.57. The van der Waals surface area contributed by atoms with E-state index in [1.807, 2.05) is 104 Å². The first-order valence-electron chi connectivity index (χ1n) is 24.8. The summed E-state index contributed by atoms with van der Waals surface area (Å²) in [7, 11) is 8.20. The monoisotopic (exact) mass is 1010 g/mol. The Labute approximate surface area is 450 Å². The lowest BCUT2D eigenvalue weighted by molar-refractivity contribution is -0.131. The molecule has 1 aliphatic heterocycles. The number of thioether (sulfide) groups is 1. The van der Waals surface area contributed by atoms with Crippen molar-refractivity contribution in [3.05, 3.63) is 246 Å². The zero-order chi connectivity index (χ0) is 53.8. The molecule has 0 atom stereocenters. The highest BCUT2D eigenvalue weighted by molar-refractivity contribution is 8.12. The molecule has 0 bridgehead atoms. The smallest absolute Gasteiger partial charge is 0.222 e. The van der Waals surface area contributed by atoms with Gasteiger partial charge in [-0.1, -0.05) is 234 Å². The number of carbonyl (C=O) groups excluding carboxylic acids is 2. The number of thiol groups is 1. The normalized spacial score (nSPS) is 11.2. The molecule has 7 rings (SSSR count). The van der Waals surface area contributed by atoms with Gasteiger partial charge in [0.2, 0.25) is 5.91 Å². The van der Waals surface area contributed by atoms with Gasteiger partial charge < -0.3 is 14.7 Å². The summed E-state index contributed by atoms with van der Waals surface area (Å²) in [6.07, 6.45) is 16.2. The molecule has 0 unspecified atom stereocenters. The van der Waals surface area contributed by atoms with Crippen LogP contribution in [0.4, 0.5) is 5.69 Å². The van der Waals surface area contributed by atoms with Gasteiger partial charge in [0.1, 0.15) is 0 Å². The minimum atomic E-state index is 0.160. The summed E-state index contributed by atoms with van der Waals surface area (Å²) in [5, 5.41) is 0.160. The van der Waals surface area contributed by atoms with Crippen molar-refractivity contribution in [3.8, 4) is 0 Å². The molecule has 384 valence electrons. The van der Waals surface area contributed by atoms with Crippen LogP contribution in [0.1, 0.15) is 101 Å². The number of benzene rings is 6. The molecule has 6 aromatic carbocycles. The number of hydrogen-bond donors (Lipinski definition) is 1. The predicted octanol–water partition coefficient (Wildman–Crippen LogP) is 16.8. The molecule has 73 heavy (non-hydrogen) atoms. The number of anilines is 1. The lowest BCUT2D eigenvalue weighted by Gasteiger charge is -2.20. The lowest BCUT2D eigenvalue weighted by atomic mass is 10.1. The Bertz CT molecular complexity index is 2470. The molecule has 0 spiro atoms. The van der Waals surface area contributed by atoms with Crippen molar-refractivity contribution in [1.29, 1.82) is 0 Å². The molecule has 1 heterocycles. The Kier molecular flexibility index (Phi) is 31.8. The fourth-order valence-electron chi connectivity index (χ4n) is 6.80. The van der Waals surface area contributed by atoms with E-state index in [0.717, 1.165) is 72.7 Å². The number of aryl methyl sites for hydroxylation is 1. The number of carbonyl (C=O) groups is 2. The highest BCUT2D eigenvalue weighted by Gasteiger charge is 2.16. The molecule has 7 heteroatoms. The molecule has 1 fully saturated rings. The van der Waals surface area contributed by atoms with E-state index in [-0.39, 0.29) is 5.12 Å². The molecular weight excluding hydrogens is 931 g/mol. The second kappa shape index (κ2) is 37.2. The van der Waals surface area contributed by atoms with Crippen LogP contribution in [0.15, 0.2) is 185 Å². The minimum Gasteiger partial charge on any atom is -0.378 e. The van der Waals surface area contributed by atoms with Crippen LogP contribution < -0.4 is 4.90 Å². The van der Waals surface area contributed by atoms with Crippen LogP contribution in [0, 0.1) is 0 Å². The van der Waals surface area contributed by atoms with Gasteiger partial charge >= 0.3 is 0 Å². The average molecular weight is 1010 g/mol. The Morgan fingerprint density at radius 1 is 0.534 bits per heavy atom. The predicted molar refractivity (Wildman–Crippen MR) is 329 cm³/mol. The van der Waals surface area contributed by atoms with Gasteiger partial charge in [-0.25, -0.2) is 0 Å². The SMILES string of the molecule is C=Cc1ccc(CC)cc1.C=Cc1ccc(CN(C)C)cc1.C=Cc1ccc(CN2CCCCCC2=O)cc1.C=Cc1ccc(CS)cc1.C=Cc1ccc(CSC(C)=O)cc1.C=Cc1ccc(N(C)C)cc1. The molecule has 5 nitrogen and oxygen atoms in total. The Balaban J connectivity index is 0.000000303. The van der Waals surface area contributed by atoms with Crippen LogP contribution in [0.3, 0.4) is 0 Å². The summed E-state index contributed by atoms with van der Waals surface area (Å²) < 4.78 is 0. The van der Waals surface area contributed by atoms with Gasteiger partial charge in [-0.3, -0.25) is 9.59 Å². The van der Waals surface area contributed by atoms with Crippen LogP contribution in [-0.2, 0) is 40.6 Å². The molecule has 1 aliphatic rings. The Hall–Kier alpha value is -6.64. The van der Waals surface area contributed by atoms with Crippen LogP contribution in [-0.4, -0.2) is 55.6 Å². The van der Waals surface area contributed by atoms with E-state index in [1.165, 1.54) is 62.8 Å². The van der Waals surface area contributed by atoms with Crippen molar-refractivity contribution in [2.45, 2.75) is 70.5 Å². The van der Waals surface area contributed by atoms with Crippen molar-refractivity contribution in [3.63, 3.8) is 0 Å². The molecule has 0 saturated carbocycles. The summed E-state index contributed by atoms with van der Waals surface area (Å²) in [6, 6.07) is 49.7. The molecular formula is C66H81N3O2S2. The third-order valence-electron chi connectivity index (χ3n) is 11.3. The minimum absolute atomic E-state index is 0.160. The van der Waals surface area contributed by atoms with Gasteiger partial charge in [-0.2, -0.15) is 12.6 Å². The summed E-state index contributed by atoms with van der Waals surface area (Å²) in [6.45, 7) is 28.6. The second-order valence-corrected chi connectivity index (χ2v) is 19.0. The van der Waals surface area contributed by atoms with Gasteiger partial charge in [0.25, 0.3) is 0 Å². The quantitative estimate of drug-likeness (QED) is 0.104. The standard InChI is InChI=1S/C15H19NO.C11H15N.C11H12OS.C10H13N.C10H12.C9H10S/c1-2-13-7-9-14(10-8-13)12-16-11-5-3-4-6-15(16)17;1-4-10-5-7-11(8-6-10)9-12(2)3;1-3-10-4-6-11(7-5-10)8-13-9(2)12;1-4-9-5-7-10(8-6-9)11(2)3;1-3-9-5-7-10(4-2)8-6-9;1-2-8-3-5-9(7-10)6-4-8/h2,7-10H,1,3-6,11-12H2;4-8H,1,9H2,2-3H3;3-7H,1,8H2,2H3;4-8H,1H2,2-3H3;3,5-8H,1,4H2,2H3;2-6,10H,1,7H2. The maximum atomic E-state index is 11.9. The molecule has 1 amide bonds. The summed E-state index contributed by atoms with van der Waals surface area (Å²) >= 11 is 5.48. The topological polar surface area (TPSA) is 43.9 Å². The van der Waals surface area contributed by atoms with Crippen LogP contribution >= 0.6 is 24.4 Å². The summed E-state index contributed by atoms with van der Waals surface area (Å²) in [5.74, 6) is 1.86. The highest BCUT2D eigenvalue weighted by Crippen LogP contribution is 2.17. The molecule has 0 aliphatic carbocycles. The molecule has 0 radical (unpaired) electrons. The first-order valence-corrected chi connectivity index (χ1v) is 26.5. The zero-order valence-electron chi connectivity index (χ0n) is 44.6. The molecule has 0 aromatic heterocycles. The first-order chi connectivity index (χ1) is 35.2. The largest absolute Gasteiger partial charge is 0.378 e. The van der Waals surface area contributed by atoms with Gasteiger partial charge in [0, 0.05) is 64.3 Å². The first kappa shape index (κ1) is 62.5. The van der Waals surface area contributed by atoms with Gasteiger partial charge in [0.05, 0.1) is 0 Å². The zero-order valence-corrected chi connectivity index (χ0v) is 46.4. The average Bonchev–Trinajstić information content (AvgIpc) is 3.64. The van der Waals surface area contributed by atoms with E-state index < -0.39 is 0 Å². The van der Waals surface area contributed by atoms with E-state index >= 15 is 0 Å². The molecule has 6 aromatic rings. The highest BCUT2D eigenvalue weighted by atomic mass is 32.2. The van der Waals surface area contributed by atoms with E-state index in [0.29, 0.717) is 12.3 Å². The van der Waals surface area contributed by atoms with E-state index in [4.69, 9.17) is 0 Å². The maximum Gasteiger partial charge on any atom is 0.222 e. The van der Waals surface area contributed by atoms with Gasteiger partial charge in [-0.15, -0.1) is 0 Å². The van der Waals surface area contributed by atoms with E-state index in [9.17, 15) is 9.59 Å². The maximum absolute atomic E-state index is 11.9. The fraction of sp³-hybridized carbons (Fsp3) is 0.242. The van der Waals surface area contributed by atoms with Crippen molar-refractivity contribution in [1.82, 2.24) is 9.80 Å². The van der Waals surface area contributed by atoms with Crippen LogP contribution in [0.2, 0.25) is 0 Å². The second-order valence-electron chi connectivity index (χ2n) is 17.6. The van der Waals surface area contributed by atoms with Gasteiger partial charge in [0.15, 0.2) is 5.12 Å². The third-order valence-corrected chi connectivity index (χ3v) is 12.5. The summed E-state index contributed by atoms with van der Waals surface area (Å²) in [5.41, 5.74) is 14.5. The van der Waals surface area contributed by atoms with Crippen molar-refractivity contribution in [2.75, 3.05) is 39.6 Å². The van der Waals surface area contributed by atoms with Gasteiger partial charge in [-0.05, 0) is 107 Å².